The van der Waals surface area contributed by atoms with Gasteiger partial charge >= 0.3 is 5.97 Å². The second kappa shape index (κ2) is 4.06. The molecule has 0 aliphatic rings. The largest absolute Gasteiger partial charge is 0.465 e. The van der Waals surface area contributed by atoms with Crippen LogP contribution in [0.2, 0.25) is 0 Å². The molecular weight excluding hydrogens is 186 g/mol. The van der Waals surface area contributed by atoms with Gasteiger partial charge in [0.05, 0.1) is 19.1 Å². The summed E-state index contributed by atoms with van der Waals surface area (Å²) in [6, 6.07) is 3.87. The highest BCUT2D eigenvalue weighted by Gasteiger charge is 2.17. The predicted molar refractivity (Wildman–Crippen MR) is 49.7 cm³/mol. The third-order valence-electron chi connectivity index (χ3n) is 1.73. The summed E-state index contributed by atoms with van der Waals surface area (Å²) in [6.07, 6.45) is 0. The van der Waals surface area contributed by atoms with E-state index in [0.29, 0.717) is 4.88 Å². The van der Waals surface area contributed by atoms with Crippen molar-refractivity contribution >= 4 is 17.3 Å². The molecule has 1 aromatic rings. The lowest BCUT2D eigenvalue weighted by Crippen LogP contribution is -2.03. The zero-order chi connectivity index (χ0) is 9.84. The van der Waals surface area contributed by atoms with Gasteiger partial charge in [0.2, 0.25) is 0 Å². The molecule has 0 aromatic carbocycles. The van der Waals surface area contributed by atoms with E-state index in [1.54, 1.807) is 18.4 Å². The Labute approximate surface area is 80.6 Å². The first kappa shape index (κ1) is 9.75. The van der Waals surface area contributed by atoms with Crippen LogP contribution in [-0.2, 0) is 4.74 Å². The van der Waals surface area contributed by atoms with Crippen molar-refractivity contribution in [3.05, 3.63) is 21.9 Å². The van der Waals surface area contributed by atoms with Crippen molar-refractivity contribution in [3.63, 3.8) is 0 Å². The number of hydrogen-bond donors (Lipinski definition) is 0. The highest BCUT2D eigenvalue weighted by molar-refractivity contribution is 7.12. The SMILES string of the molecule is COC(=O)c1sccc1C(C)C#N. The molecule has 3 nitrogen and oxygen atoms in total. The number of esters is 1. The maximum atomic E-state index is 11.2. The second-order valence-corrected chi connectivity index (χ2v) is 3.46. The van der Waals surface area contributed by atoms with Gasteiger partial charge in [-0.2, -0.15) is 5.26 Å². The Morgan fingerprint density at radius 3 is 3.00 bits per heavy atom. The van der Waals surface area contributed by atoms with Crippen LogP contribution >= 0.6 is 11.3 Å². The van der Waals surface area contributed by atoms with E-state index in [4.69, 9.17) is 5.26 Å². The standard InChI is InChI=1S/C9H9NO2S/c1-6(5-10)7-3-4-13-8(7)9(11)12-2/h3-4,6H,1-2H3. The Kier molecular flexibility index (Phi) is 3.04. The average Bonchev–Trinajstić information content (AvgIpc) is 2.63. The van der Waals surface area contributed by atoms with E-state index in [1.165, 1.54) is 18.4 Å². The minimum absolute atomic E-state index is 0.264. The van der Waals surface area contributed by atoms with Gasteiger partial charge in [0, 0.05) is 0 Å². The lowest BCUT2D eigenvalue weighted by atomic mass is 10.0. The summed E-state index contributed by atoms with van der Waals surface area (Å²) in [5.74, 6) is -0.632. The summed E-state index contributed by atoms with van der Waals surface area (Å²) in [7, 11) is 1.34. The van der Waals surface area contributed by atoms with Gasteiger partial charge in [-0.15, -0.1) is 11.3 Å². The van der Waals surface area contributed by atoms with Crippen LogP contribution in [0.25, 0.3) is 0 Å². The molecule has 0 fully saturated rings. The number of methoxy groups -OCH3 is 1. The Hall–Kier alpha value is -1.34. The van der Waals surface area contributed by atoms with E-state index in [2.05, 4.69) is 10.8 Å². The number of thiophene rings is 1. The zero-order valence-electron chi connectivity index (χ0n) is 7.40. The van der Waals surface area contributed by atoms with E-state index in [1.807, 2.05) is 0 Å². The molecule has 0 amide bonds. The molecule has 1 unspecified atom stereocenters. The van der Waals surface area contributed by atoms with E-state index < -0.39 is 0 Å². The molecule has 0 aliphatic carbocycles. The molecule has 0 radical (unpaired) electrons. The number of nitrogens with zero attached hydrogens (tertiary/aromatic N) is 1. The van der Waals surface area contributed by atoms with Crippen LogP contribution in [0.15, 0.2) is 11.4 Å². The fourth-order valence-corrected chi connectivity index (χ4v) is 1.90. The fraction of sp³-hybridized carbons (Fsp3) is 0.333. The molecule has 0 saturated heterocycles. The molecule has 0 saturated carbocycles. The minimum atomic E-state index is -0.368. The van der Waals surface area contributed by atoms with Crippen LogP contribution in [0.3, 0.4) is 0 Å². The monoisotopic (exact) mass is 195 g/mol. The maximum absolute atomic E-state index is 11.2. The maximum Gasteiger partial charge on any atom is 0.348 e. The predicted octanol–water partition coefficient (Wildman–Crippen LogP) is 2.16. The molecule has 1 aromatic heterocycles. The van der Waals surface area contributed by atoms with E-state index in [9.17, 15) is 4.79 Å². The lowest BCUT2D eigenvalue weighted by molar-refractivity contribution is 0.0605. The zero-order valence-corrected chi connectivity index (χ0v) is 8.22. The first-order valence-electron chi connectivity index (χ1n) is 3.76. The summed E-state index contributed by atoms with van der Waals surface area (Å²) in [5.41, 5.74) is 0.749. The Balaban J connectivity index is 3.04. The van der Waals surface area contributed by atoms with Gasteiger partial charge < -0.3 is 4.74 Å². The number of carbonyl (C=O) groups excluding carboxylic acids is 1. The van der Waals surface area contributed by atoms with Gasteiger partial charge in [-0.25, -0.2) is 4.79 Å². The lowest BCUT2D eigenvalue weighted by Gasteiger charge is -2.02. The van der Waals surface area contributed by atoms with Crippen molar-refractivity contribution in [1.82, 2.24) is 0 Å². The smallest absolute Gasteiger partial charge is 0.348 e. The first-order valence-corrected chi connectivity index (χ1v) is 4.64. The van der Waals surface area contributed by atoms with E-state index >= 15 is 0 Å². The van der Waals surface area contributed by atoms with Crippen molar-refractivity contribution in [3.8, 4) is 6.07 Å². The van der Waals surface area contributed by atoms with Crippen molar-refractivity contribution in [2.75, 3.05) is 7.11 Å². The summed E-state index contributed by atoms with van der Waals surface area (Å²) in [4.78, 5) is 11.7. The molecule has 68 valence electrons. The van der Waals surface area contributed by atoms with Crippen LogP contribution in [0.4, 0.5) is 0 Å². The number of rotatable bonds is 2. The fourth-order valence-electron chi connectivity index (χ4n) is 0.988. The quantitative estimate of drug-likeness (QED) is 0.679. The van der Waals surface area contributed by atoms with Gasteiger partial charge in [-0.05, 0) is 23.9 Å². The average molecular weight is 195 g/mol. The Bertz CT molecular complexity index is 351. The summed E-state index contributed by atoms with van der Waals surface area (Å²) in [6.45, 7) is 1.76. The van der Waals surface area contributed by atoms with Crippen LogP contribution in [0, 0.1) is 11.3 Å². The third-order valence-corrected chi connectivity index (χ3v) is 2.64. The van der Waals surface area contributed by atoms with Gasteiger partial charge in [0.25, 0.3) is 0 Å². The van der Waals surface area contributed by atoms with E-state index in [0.717, 1.165) is 5.56 Å². The highest BCUT2D eigenvalue weighted by atomic mass is 32.1. The second-order valence-electron chi connectivity index (χ2n) is 2.55. The number of carbonyl (C=O) groups is 1. The van der Waals surface area contributed by atoms with Gasteiger partial charge in [-0.1, -0.05) is 0 Å². The molecule has 1 atom stereocenters. The van der Waals surface area contributed by atoms with Crippen LogP contribution in [-0.4, -0.2) is 13.1 Å². The topological polar surface area (TPSA) is 50.1 Å². The Morgan fingerprint density at radius 2 is 2.46 bits per heavy atom. The van der Waals surface area contributed by atoms with Crippen LogP contribution < -0.4 is 0 Å². The molecule has 1 rings (SSSR count). The first-order chi connectivity index (χ1) is 6.20. The number of ether oxygens (including phenoxy) is 1. The van der Waals surface area contributed by atoms with Crippen LogP contribution in [0.1, 0.15) is 28.1 Å². The van der Waals surface area contributed by atoms with Gasteiger partial charge in [-0.3, -0.25) is 0 Å². The number of nitriles is 1. The molecule has 1 heterocycles. The molecule has 0 spiro atoms. The Morgan fingerprint density at radius 1 is 1.77 bits per heavy atom. The van der Waals surface area contributed by atoms with Gasteiger partial charge in [0.15, 0.2) is 0 Å². The highest BCUT2D eigenvalue weighted by Crippen LogP contribution is 2.24. The third kappa shape index (κ3) is 1.87. The molecule has 0 bridgehead atoms. The molecule has 4 heteroatoms. The normalized spacial score (nSPS) is 11.8. The van der Waals surface area contributed by atoms with Gasteiger partial charge in [0.1, 0.15) is 4.88 Å². The van der Waals surface area contributed by atoms with Crippen molar-refractivity contribution < 1.29 is 9.53 Å². The van der Waals surface area contributed by atoms with Crippen LogP contribution in [0.5, 0.6) is 0 Å². The van der Waals surface area contributed by atoms with Crippen molar-refractivity contribution in [2.24, 2.45) is 0 Å². The molecule has 13 heavy (non-hydrogen) atoms. The van der Waals surface area contributed by atoms with E-state index in [-0.39, 0.29) is 11.9 Å². The molecule has 0 aliphatic heterocycles. The minimum Gasteiger partial charge on any atom is -0.465 e. The summed E-state index contributed by atoms with van der Waals surface area (Å²) >= 11 is 1.30. The molecular formula is C9H9NO2S. The molecule has 0 N–H and O–H groups in total. The summed E-state index contributed by atoms with van der Waals surface area (Å²) in [5, 5.41) is 10.5. The van der Waals surface area contributed by atoms with Crippen molar-refractivity contribution in [2.45, 2.75) is 12.8 Å². The van der Waals surface area contributed by atoms with Crippen molar-refractivity contribution in [1.29, 1.82) is 5.26 Å². The summed E-state index contributed by atoms with van der Waals surface area (Å²) < 4.78 is 4.59. The number of hydrogen-bond acceptors (Lipinski definition) is 4.